The first-order valence-corrected chi connectivity index (χ1v) is 12.6. The fourth-order valence-electron chi connectivity index (χ4n) is 3.43. The van der Waals surface area contributed by atoms with E-state index in [0.29, 0.717) is 16.9 Å². The summed E-state index contributed by atoms with van der Waals surface area (Å²) in [5.41, 5.74) is 3.11. The van der Waals surface area contributed by atoms with Crippen LogP contribution >= 0.6 is 11.3 Å². The molecule has 0 spiro atoms. The summed E-state index contributed by atoms with van der Waals surface area (Å²) in [6.45, 7) is 5.79. The Kier molecular flexibility index (Phi) is 6.09. The van der Waals surface area contributed by atoms with Crippen molar-refractivity contribution < 1.29 is 13.2 Å². The van der Waals surface area contributed by atoms with Crippen molar-refractivity contribution >= 4 is 48.9 Å². The number of hydrogen-bond donors (Lipinski definition) is 2. The number of nitrogens with zero attached hydrogens (tertiary/aromatic N) is 1. The Morgan fingerprint density at radius 3 is 2.21 bits per heavy atom. The minimum Gasteiger partial charge on any atom is -0.322 e. The third-order valence-corrected chi connectivity index (χ3v) is 7.43. The molecule has 0 saturated heterocycles. The third-order valence-electron chi connectivity index (χ3n) is 5.12. The number of thiazole rings is 1. The fourth-order valence-corrected chi connectivity index (χ4v) is 5.54. The van der Waals surface area contributed by atoms with Crippen molar-refractivity contribution in [3.05, 3.63) is 87.5 Å². The van der Waals surface area contributed by atoms with Crippen LogP contribution in [0.4, 0.5) is 11.4 Å². The number of hydrogen-bond acceptors (Lipinski definition) is 5. The van der Waals surface area contributed by atoms with Gasteiger partial charge in [0.05, 0.1) is 15.1 Å². The predicted octanol–water partition coefficient (Wildman–Crippen LogP) is 5.01. The summed E-state index contributed by atoms with van der Waals surface area (Å²) in [4.78, 5) is 25.0. The molecule has 1 aromatic heterocycles. The smallest absolute Gasteiger partial charge is 0.308 e. The lowest BCUT2D eigenvalue weighted by atomic mass is 10.2. The average molecular weight is 482 g/mol. The Balaban J connectivity index is 1.48. The maximum atomic E-state index is 12.7. The molecule has 0 unspecified atom stereocenters. The van der Waals surface area contributed by atoms with Crippen molar-refractivity contribution in [2.45, 2.75) is 31.7 Å². The molecule has 0 atom stereocenters. The normalized spacial score (nSPS) is 11.6. The van der Waals surface area contributed by atoms with E-state index >= 15 is 0 Å². The minimum absolute atomic E-state index is 0.0350. The van der Waals surface area contributed by atoms with Crippen LogP contribution in [0.2, 0.25) is 0 Å². The van der Waals surface area contributed by atoms with Crippen molar-refractivity contribution in [3.8, 4) is 0 Å². The van der Waals surface area contributed by atoms with Crippen molar-refractivity contribution in [2.24, 2.45) is 0 Å². The lowest BCUT2D eigenvalue weighted by Crippen LogP contribution is -2.15. The Labute approximate surface area is 195 Å². The number of carbonyl (C=O) groups excluding carboxylic acids is 1. The van der Waals surface area contributed by atoms with Gasteiger partial charge in [-0.05, 0) is 75.4 Å². The number of benzene rings is 3. The number of fused-ring (bicyclic) bond motifs is 1. The van der Waals surface area contributed by atoms with Gasteiger partial charge in [0.15, 0.2) is 0 Å². The highest BCUT2D eigenvalue weighted by atomic mass is 32.2. The van der Waals surface area contributed by atoms with Crippen LogP contribution in [-0.4, -0.2) is 18.9 Å². The van der Waals surface area contributed by atoms with Crippen molar-refractivity contribution in [2.75, 3.05) is 10.0 Å². The van der Waals surface area contributed by atoms with Gasteiger partial charge in [-0.1, -0.05) is 29.0 Å². The summed E-state index contributed by atoms with van der Waals surface area (Å²) >= 11 is 1.14. The van der Waals surface area contributed by atoms with E-state index in [1.807, 2.05) is 26.8 Å². The second kappa shape index (κ2) is 8.84. The van der Waals surface area contributed by atoms with E-state index in [-0.39, 0.29) is 21.7 Å². The molecule has 0 bridgehead atoms. The quantitative estimate of drug-likeness (QED) is 0.405. The molecule has 9 heteroatoms. The van der Waals surface area contributed by atoms with Gasteiger partial charge in [0.25, 0.3) is 15.9 Å². The largest absolute Gasteiger partial charge is 0.322 e. The maximum Gasteiger partial charge on any atom is 0.308 e. The molecular formula is C24H23N3O4S2. The molecule has 3 aromatic carbocycles. The zero-order chi connectivity index (χ0) is 23.8. The highest BCUT2D eigenvalue weighted by molar-refractivity contribution is 7.92. The molecule has 170 valence electrons. The average Bonchev–Trinajstić information content (AvgIpc) is 3.09. The van der Waals surface area contributed by atoms with Gasteiger partial charge in [0.1, 0.15) is 0 Å². The SMILES string of the molecule is Cc1ccc(S(=O)(=O)Nc2ccc(C(=O)Nc3ccc4c(c3)sc(=O)n4C(C)C)cc2)cc1. The molecule has 0 fully saturated rings. The summed E-state index contributed by atoms with van der Waals surface area (Å²) in [6.07, 6.45) is 0. The van der Waals surface area contributed by atoms with Crippen molar-refractivity contribution in [3.63, 3.8) is 0 Å². The molecule has 4 aromatic rings. The summed E-state index contributed by atoms with van der Waals surface area (Å²) in [6, 6.07) is 18.1. The van der Waals surface area contributed by atoms with Gasteiger partial charge >= 0.3 is 4.87 Å². The minimum atomic E-state index is -3.72. The van der Waals surface area contributed by atoms with E-state index in [4.69, 9.17) is 0 Å². The Bertz CT molecular complexity index is 1480. The number of rotatable bonds is 6. The topological polar surface area (TPSA) is 97.3 Å². The Hall–Kier alpha value is -3.43. The van der Waals surface area contributed by atoms with Crippen LogP contribution < -0.4 is 14.9 Å². The molecule has 2 N–H and O–H groups in total. The molecule has 33 heavy (non-hydrogen) atoms. The van der Waals surface area contributed by atoms with Gasteiger partial charge in [-0.25, -0.2) is 8.42 Å². The van der Waals surface area contributed by atoms with Crippen molar-refractivity contribution in [1.82, 2.24) is 4.57 Å². The van der Waals surface area contributed by atoms with Gasteiger partial charge in [0.2, 0.25) is 0 Å². The van der Waals surface area contributed by atoms with E-state index < -0.39 is 10.0 Å². The highest BCUT2D eigenvalue weighted by Gasteiger charge is 2.15. The first-order valence-electron chi connectivity index (χ1n) is 10.3. The van der Waals surface area contributed by atoms with Gasteiger partial charge in [-0.2, -0.15) is 0 Å². The van der Waals surface area contributed by atoms with E-state index in [0.717, 1.165) is 27.1 Å². The van der Waals surface area contributed by atoms with Crippen LogP contribution in [0.1, 0.15) is 35.8 Å². The van der Waals surface area contributed by atoms with Gasteiger partial charge < -0.3 is 5.32 Å². The van der Waals surface area contributed by atoms with Crippen molar-refractivity contribution in [1.29, 1.82) is 0 Å². The molecule has 0 radical (unpaired) electrons. The number of sulfonamides is 1. The second-order valence-corrected chi connectivity index (χ2v) is 10.6. The number of aryl methyl sites for hydroxylation is 1. The van der Waals surface area contributed by atoms with E-state index in [1.54, 1.807) is 65.2 Å². The molecule has 0 saturated carbocycles. The first kappa shape index (κ1) is 22.8. The Morgan fingerprint density at radius 2 is 1.58 bits per heavy atom. The zero-order valence-corrected chi connectivity index (χ0v) is 20.0. The zero-order valence-electron chi connectivity index (χ0n) is 18.3. The summed E-state index contributed by atoms with van der Waals surface area (Å²) in [5, 5.41) is 2.82. The standard InChI is InChI=1S/C24H23N3O4S2/c1-15(2)27-21-13-10-19(14-22(21)32-24(27)29)25-23(28)17-6-8-18(9-7-17)26-33(30,31)20-11-4-16(3)5-12-20/h4-15,26H,1-3H3,(H,25,28). The molecule has 7 nitrogen and oxygen atoms in total. The molecule has 1 amide bonds. The van der Waals surface area contributed by atoms with Gasteiger partial charge in [-0.15, -0.1) is 0 Å². The molecule has 1 heterocycles. The lowest BCUT2D eigenvalue weighted by molar-refractivity contribution is 0.102. The molecule has 4 rings (SSSR count). The van der Waals surface area contributed by atoms with Crippen LogP contribution in [-0.2, 0) is 10.0 Å². The van der Waals surface area contributed by atoms with E-state index in [9.17, 15) is 18.0 Å². The lowest BCUT2D eigenvalue weighted by Gasteiger charge is -2.10. The van der Waals surface area contributed by atoms with E-state index in [2.05, 4.69) is 10.0 Å². The van der Waals surface area contributed by atoms with Gasteiger partial charge in [0, 0.05) is 23.0 Å². The summed E-state index contributed by atoms with van der Waals surface area (Å²) in [7, 11) is -3.72. The number of nitrogens with one attached hydrogen (secondary N) is 2. The third kappa shape index (κ3) is 4.84. The van der Waals surface area contributed by atoms with Crippen LogP contribution in [0.15, 0.2) is 76.4 Å². The van der Waals surface area contributed by atoms with Crippen LogP contribution in [0.25, 0.3) is 10.2 Å². The van der Waals surface area contributed by atoms with Crippen LogP contribution in [0, 0.1) is 6.92 Å². The molecule has 0 aliphatic heterocycles. The summed E-state index contributed by atoms with van der Waals surface area (Å²) in [5.74, 6) is -0.335. The summed E-state index contributed by atoms with van der Waals surface area (Å²) < 4.78 is 30.1. The number of aromatic nitrogens is 1. The van der Waals surface area contributed by atoms with Gasteiger partial charge in [-0.3, -0.25) is 18.9 Å². The van der Waals surface area contributed by atoms with Crippen LogP contribution in [0.5, 0.6) is 0 Å². The molecule has 0 aliphatic rings. The fraction of sp³-hybridized carbons (Fsp3) is 0.167. The first-order chi connectivity index (χ1) is 15.6. The maximum absolute atomic E-state index is 12.7. The number of amides is 1. The predicted molar refractivity (Wildman–Crippen MR) is 133 cm³/mol. The Morgan fingerprint density at radius 1 is 0.939 bits per heavy atom. The monoisotopic (exact) mass is 481 g/mol. The molecule has 0 aliphatic carbocycles. The number of anilines is 2. The highest BCUT2D eigenvalue weighted by Crippen LogP contribution is 2.25. The molecular weight excluding hydrogens is 458 g/mol. The second-order valence-electron chi connectivity index (χ2n) is 7.96. The van der Waals surface area contributed by atoms with E-state index in [1.165, 1.54) is 0 Å². The van der Waals surface area contributed by atoms with Crippen LogP contribution in [0.3, 0.4) is 0 Å². The number of carbonyl (C=O) groups is 1.